The number of aromatic nitrogens is 2. The molecular weight excluding hydrogens is 266 g/mol. The van der Waals surface area contributed by atoms with Crippen molar-refractivity contribution < 1.29 is 4.79 Å². The number of nitrogens with zero attached hydrogens (tertiary/aromatic N) is 2. The number of nitrogens with one attached hydrogen (secondary N) is 2. The van der Waals surface area contributed by atoms with E-state index in [-0.39, 0.29) is 6.04 Å². The average molecular weight is 287 g/mol. The summed E-state index contributed by atoms with van der Waals surface area (Å²) in [6.07, 6.45) is 2.74. The number of carbonyl (C=O) groups excluding carboxylic acids is 1. The van der Waals surface area contributed by atoms with Crippen LogP contribution in [0.15, 0.2) is 36.5 Å². The van der Waals surface area contributed by atoms with Crippen molar-refractivity contribution in [2.75, 3.05) is 11.9 Å². The summed E-state index contributed by atoms with van der Waals surface area (Å²) in [6.45, 7) is 2.99. The van der Waals surface area contributed by atoms with E-state index in [4.69, 9.17) is 5.73 Å². The number of primary amides is 1. The lowest BCUT2D eigenvalue weighted by Crippen LogP contribution is -2.22. The maximum atomic E-state index is 10.8. The second-order valence-electron chi connectivity index (χ2n) is 4.98. The van der Waals surface area contributed by atoms with Crippen LogP contribution < -0.4 is 16.4 Å². The summed E-state index contributed by atoms with van der Waals surface area (Å²) >= 11 is 0. The van der Waals surface area contributed by atoms with Gasteiger partial charge >= 0.3 is 6.03 Å². The fourth-order valence-corrected chi connectivity index (χ4v) is 2.18. The van der Waals surface area contributed by atoms with Crippen molar-refractivity contribution in [2.45, 2.75) is 19.4 Å². The molecule has 0 saturated heterocycles. The van der Waals surface area contributed by atoms with E-state index in [1.807, 2.05) is 48.3 Å². The van der Waals surface area contributed by atoms with Gasteiger partial charge in [-0.2, -0.15) is 5.10 Å². The second kappa shape index (κ2) is 6.90. The van der Waals surface area contributed by atoms with Gasteiger partial charge in [-0.25, -0.2) is 4.79 Å². The number of carbonyl (C=O) groups is 1. The van der Waals surface area contributed by atoms with E-state index in [9.17, 15) is 4.79 Å². The molecule has 6 nitrogen and oxygen atoms in total. The van der Waals surface area contributed by atoms with Crippen molar-refractivity contribution in [2.24, 2.45) is 12.8 Å². The van der Waals surface area contributed by atoms with Crippen LogP contribution in [-0.2, 0) is 13.5 Å². The Morgan fingerprint density at radius 2 is 2.05 bits per heavy atom. The largest absolute Gasteiger partial charge is 0.351 e. The summed E-state index contributed by atoms with van der Waals surface area (Å²) < 4.78 is 1.89. The minimum absolute atomic E-state index is 0.237. The first kappa shape index (κ1) is 15.1. The van der Waals surface area contributed by atoms with Gasteiger partial charge in [0.15, 0.2) is 0 Å². The molecule has 0 bridgehead atoms. The van der Waals surface area contributed by atoms with Crippen LogP contribution in [0.4, 0.5) is 10.5 Å². The van der Waals surface area contributed by atoms with Crippen molar-refractivity contribution in [1.29, 1.82) is 0 Å². The highest BCUT2D eigenvalue weighted by Gasteiger charge is 2.06. The molecule has 0 aliphatic carbocycles. The lowest BCUT2D eigenvalue weighted by atomic mass is 10.1. The van der Waals surface area contributed by atoms with E-state index in [2.05, 4.69) is 22.7 Å². The number of aryl methyl sites for hydroxylation is 1. The van der Waals surface area contributed by atoms with Gasteiger partial charge in [0, 0.05) is 43.6 Å². The molecule has 0 fully saturated rings. The van der Waals surface area contributed by atoms with Gasteiger partial charge in [0.1, 0.15) is 0 Å². The number of urea groups is 1. The highest BCUT2D eigenvalue weighted by atomic mass is 16.2. The standard InChI is InChI=1S/C15H21N5O/c1-11(17-9-7-14-8-10-18-20(14)2)12-3-5-13(6-4-12)19-15(16)21/h3-6,8,10-11,17H,7,9H2,1-2H3,(H3,16,19,21). The fraction of sp³-hybridized carbons (Fsp3) is 0.333. The van der Waals surface area contributed by atoms with Crippen molar-refractivity contribution in [1.82, 2.24) is 15.1 Å². The normalized spacial score (nSPS) is 12.1. The zero-order valence-electron chi connectivity index (χ0n) is 12.3. The first-order valence-electron chi connectivity index (χ1n) is 6.93. The van der Waals surface area contributed by atoms with Crippen molar-refractivity contribution >= 4 is 11.7 Å². The van der Waals surface area contributed by atoms with Crippen LogP contribution in [0.1, 0.15) is 24.2 Å². The van der Waals surface area contributed by atoms with Crippen molar-refractivity contribution in [3.05, 3.63) is 47.8 Å². The van der Waals surface area contributed by atoms with Crippen molar-refractivity contribution in [3.63, 3.8) is 0 Å². The van der Waals surface area contributed by atoms with E-state index < -0.39 is 6.03 Å². The number of hydrogen-bond acceptors (Lipinski definition) is 3. The maximum absolute atomic E-state index is 10.8. The van der Waals surface area contributed by atoms with Gasteiger partial charge in [-0.05, 0) is 30.7 Å². The topological polar surface area (TPSA) is 85.0 Å². The third-order valence-corrected chi connectivity index (χ3v) is 3.43. The van der Waals surface area contributed by atoms with E-state index >= 15 is 0 Å². The third kappa shape index (κ3) is 4.32. The number of nitrogens with two attached hydrogens (primary N) is 1. The molecule has 21 heavy (non-hydrogen) atoms. The van der Waals surface area contributed by atoms with Crippen LogP contribution in [0.3, 0.4) is 0 Å². The number of anilines is 1. The van der Waals surface area contributed by atoms with Crippen LogP contribution in [-0.4, -0.2) is 22.4 Å². The molecule has 4 N–H and O–H groups in total. The first-order chi connectivity index (χ1) is 10.1. The average Bonchev–Trinajstić information content (AvgIpc) is 2.84. The van der Waals surface area contributed by atoms with Gasteiger partial charge in [-0.3, -0.25) is 4.68 Å². The zero-order valence-corrected chi connectivity index (χ0v) is 12.3. The van der Waals surface area contributed by atoms with E-state index in [0.717, 1.165) is 18.5 Å². The predicted octanol–water partition coefficient (Wildman–Crippen LogP) is 1.80. The monoisotopic (exact) mass is 287 g/mol. The number of amides is 2. The predicted molar refractivity (Wildman–Crippen MR) is 83.0 cm³/mol. The smallest absolute Gasteiger partial charge is 0.316 e. The summed E-state index contributed by atoms with van der Waals surface area (Å²) in [6, 6.07) is 9.36. The van der Waals surface area contributed by atoms with Gasteiger partial charge < -0.3 is 16.4 Å². The molecule has 112 valence electrons. The summed E-state index contributed by atoms with van der Waals surface area (Å²) in [5.41, 5.74) is 8.15. The summed E-state index contributed by atoms with van der Waals surface area (Å²) in [7, 11) is 1.95. The molecule has 0 aliphatic heterocycles. The summed E-state index contributed by atoms with van der Waals surface area (Å²) in [5.74, 6) is 0. The maximum Gasteiger partial charge on any atom is 0.316 e. The SMILES string of the molecule is CC(NCCc1ccnn1C)c1ccc(NC(N)=O)cc1. The zero-order chi connectivity index (χ0) is 15.2. The molecule has 0 aliphatic rings. The van der Waals surface area contributed by atoms with Crippen LogP contribution in [0, 0.1) is 0 Å². The Hall–Kier alpha value is -2.34. The minimum Gasteiger partial charge on any atom is -0.351 e. The van der Waals surface area contributed by atoms with Gasteiger partial charge in [0.25, 0.3) is 0 Å². The Balaban J connectivity index is 1.84. The molecule has 0 saturated carbocycles. The molecule has 1 aromatic heterocycles. The van der Waals surface area contributed by atoms with Gasteiger partial charge in [-0.1, -0.05) is 12.1 Å². The number of rotatable bonds is 6. The Morgan fingerprint density at radius 3 is 2.62 bits per heavy atom. The molecule has 6 heteroatoms. The molecule has 2 amide bonds. The Labute approximate surface area is 124 Å². The molecular formula is C15H21N5O. The van der Waals surface area contributed by atoms with Crippen LogP contribution in [0.25, 0.3) is 0 Å². The van der Waals surface area contributed by atoms with Crippen LogP contribution >= 0.6 is 0 Å². The lowest BCUT2D eigenvalue weighted by Gasteiger charge is -2.15. The van der Waals surface area contributed by atoms with Gasteiger partial charge in [-0.15, -0.1) is 0 Å². The second-order valence-corrected chi connectivity index (χ2v) is 4.98. The lowest BCUT2D eigenvalue weighted by molar-refractivity contribution is 0.259. The van der Waals surface area contributed by atoms with Crippen LogP contribution in [0.5, 0.6) is 0 Å². The minimum atomic E-state index is -0.551. The molecule has 1 atom stereocenters. The Bertz CT molecular complexity index is 590. The van der Waals surface area contributed by atoms with Gasteiger partial charge in [0.2, 0.25) is 0 Å². The van der Waals surface area contributed by atoms with Gasteiger partial charge in [0.05, 0.1) is 0 Å². The Morgan fingerprint density at radius 1 is 1.33 bits per heavy atom. The Kier molecular flexibility index (Phi) is 4.94. The fourth-order valence-electron chi connectivity index (χ4n) is 2.18. The third-order valence-electron chi connectivity index (χ3n) is 3.43. The highest BCUT2D eigenvalue weighted by molar-refractivity contribution is 5.87. The van der Waals surface area contributed by atoms with Crippen molar-refractivity contribution in [3.8, 4) is 0 Å². The summed E-state index contributed by atoms with van der Waals surface area (Å²) in [4.78, 5) is 10.8. The highest BCUT2D eigenvalue weighted by Crippen LogP contribution is 2.16. The first-order valence-corrected chi connectivity index (χ1v) is 6.93. The molecule has 0 radical (unpaired) electrons. The van der Waals surface area contributed by atoms with E-state index in [1.54, 1.807) is 0 Å². The molecule has 1 aromatic carbocycles. The van der Waals surface area contributed by atoms with E-state index in [1.165, 1.54) is 5.69 Å². The quantitative estimate of drug-likeness (QED) is 0.757. The molecule has 0 spiro atoms. The van der Waals surface area contributed by atoms with E-state index in [0.29, 0.717) is 5.69 Å². The number of hydrogen-bond donors (Lipinski definition) is 3. The molecule has 2 aromatic rings. The van der Waals surface area contributed by atoms with Crippen LogP contribution in [0.2, 0.25) is 0 Å². The molecule has 2 rings (SSSR count). The molecule has 1 unspecified atom stereocenters. The number of benzene rings is 1. The molecule has 1 heterocycles. The summed E-state index contributed by atoms with van der Waals surface area (Å²) in [5, 5.41) is 10.2.